The van der Waals surface area contributed by atoms with Crippen LogP contribution in [0.5, 0.6) is 0 Å². The highest BCUT2D eigenvalue weighted by atomic mass is 32.2. The van der Waals surface area contributed by atoms with Crippen LogP contribution in [0.1, 0.15) is 19.8 Å². The van der Waals surface area contributed by atoms with Crippen LogP contribution in [0.15, 0.2) is 0 Å². The Morgan fingerprint density at radius 1 is 1.50 bits per heavy atom. The molecule has 0 aliphatic heterocycles. The second-order valence-electron chi connectivity index (χ2n) is 4.46. The van der Waals surface area contributed by atoms with Crippen molar-refractivity contribution in [1.29, 1.82) is 0 Å². The van der Waals surface area contributed by atoms with E-state index in [4.69, 9.17) is 0 Å². The van der Waals surface area contributed by atoms with Crippen molar-refractivity contribution < 1.29 is 13.5 Å². The van der Waals surface area contributed by atoms with Crippen molar-refractivity contribution in [2.45, 2.75) is 25.9 Å². The topological polar surface area (TPSA) is 69.6 Å². The molecular weight excluding hydrogens is 228 g/mol. The quantitative estimate of drug-likeness (QED) is 0.616. The maximum Gasteiger partial charge on any atom is 0.211 e. The van der Waals surface area contributed by atoms with Crippen molar-refractivity contribution in [3.05, 3.63) is 0 Å². The molecule has 1 saturated carbocycles. The standard InChI is InChI=1S/C10H22N2O3S/c1-3-16(14,15)11-6-7-12(2)8-10(13)9-4-5-9/h9-11,13H,3-8H2,1-2H3. The van der Waals surface area contributed by atoms with Crippen molar-refractivity contribution in [2.24, 2.45) is 5.92 Å². The smallest absolute Gasteiger partial charge is 0.211 e. The lowest BCUT2D eigenvalue weighted by molar-refractivity contribution is 0.108. The molecule has 1 aliphatic rings. The fourth-order valence-corrected chi connectivity index (χ4v) is 2.14. The second kappa shape index (κ2) is 5.95. The van der Waals surface area contributed by atoms with Gasteiger partial charge < -0.3 is 10.0 Å². The Bertz CT molecular complexity index is 301. The van der Waals surface area contributed by atoms with Gasteiger partial charge in [-0.15, -0.1) is 0 Å². The number of rotatable bonds is 8. The molecule has 0 aromatic heterocycles. The van der Waals surface area contributed by atoms with Gasteiger partial charge in [-0.1, -0.05) is 0 Å². The molecule has 0 bridgehead atoms. The number of nitrogens with one attached hydrogen (secondary N) is 1. The normalized spacial score (nSPS) is 19.0. The molecule has 1 fully saturated rings. The summed E-state index contributed by atoms with van der Waals surface area (Å²) in [7, 11) is -1.19. The lowest BCUT2D eigenvalue weighted by atomic mass is 10.2. The Morgan fingerprint density at radius 2 is 2.12 bits per heavy atom. The summed E-state index contributed by atoms with van der Waals surface area (Å²) >= 11 is 0. The number of aliphatic hydroxyl groups excluding tert-OH is 1. The monoisotopic (exact) mass is 250 g/mol. The van der Waals surface area contributed by atoms with Gasteiger partial charge in [0.15, 0.2) is 0 Å². The number of nitrogens with zero attached hydrogens (tertiary/aromatic N) is 1. The van der Waals surface area contributed by atoms with Crippen molar-refractivity contribution in [1.82, 2.24) is 9.62 Å². The summed E-state index contributed by atoms with van der Waals surface area (Å²) in [6.07, 6.45) is 1.99. The zero-order valence-electron chi connectivity index (χ0n) is 10.0. The van der Waals surface area contributed by atoms with Crippen LogP contribution in [0.3, 0.4) is 0 Å². The summed E-state index contributed by atoms with van der Waals surface area (Å²) in [5.41, 5.74) is 0. The van der Waals surface area contributed by atoms with E-state index < -0.39 is 10.0 Å². The molecular formula is C10H22N2O3S. The van der Waals surface area contributed by atoms with Crippen molar-refractivity contribution in [3.63, 3.8) is 0 Å². The van der Waals surface area contributed by atoms with E-state index in [-0.39, 0.29) is 11.9 Å². The molecule has 1 rings (SSSR count). The summed E-state index contributed by atoms with van der Waals surface area (Å²) in [5.74, 6) is 0.580. The van der Waals surface area contributed by atoms with Gasteiger partial charge in [-0.05, 0) is 32.7 Å². The summed E-state index contributed by atoms with van der Waals surface area (Å²) < 4.78 is 24.8. The maximum absolute atomic E-state index is 11.1. The number of hydrogen-bond acceptors (Lipinski definition) is 4. The Kier molecular flexibility index (Phi) is 5.17. The average molecular weight is 250 g/mol. The number of hydrogen-bond donors (Lipinski definition) is 2. The summed E-state index contributed by atoms with van der Waals surface area (Å²) in [6.45, 7) is 3.27. The van der Waals surface area contributed by atoms with E-state index in [1.807, 2.05) is 11.9 Å². The molecule has 0 radical (unpaired) electrons. The first-order valence-corrected chi connectivity index (χ1v) is 7.44. The zero-order valence-corrected chi connectivity index (χ0v) is 10.8. The minimum atomic E-state index is -3.09. The molecule has 0 spiro atoms. The van der Waals surface area contributed by atoms with Crippen LogP contribution in [0.4, 0.5) is 0 Å². The van der Waals surface area contributed by atoms with Crippen LogP contribution in [0.25, 0.3) is 0 Å². The summed E-state index contributed by atoms with van der Waals surface area (Å²) in [4.78, 5) is 1.96. The van der Waals surface area contributed by atoms with Crippen LogP contribution in [-0.4, -0.2) is 57.0 Å². The Labute approximate surface area is 97.9 Å². The fraction of sp³-hybridized carbons (Fsp3) is 1.00. The van der Waals surface area contributed by atoms with Crippen molar-refractivity contribution >= 4 is 10.0 Å². The average Bonchev–Trinajstić information content (AvgIpc) is 3.00. The van der Waals surface area contributed by atoms with Gasteiger partial charge in [0.1, 0.15) is 0 Å². The molecule has 0 heterocycles. The predicted octanol–water partition coefficient (Wildman–Crippen LogP) is -0.372. The maximum atomic E-state index is 11.1. The molecule has 6 heteroatoms. The predicted molar refractivity (Wildman–Crippen MR) is 63.7 cm³/mol. The Balaban J connectivity index is 2.12. The minimum Gasteiger partial charge on any atom is -0.392 e. The van der Waals surface area contributed by atoms with Crippen LogP contribution in [0.2, 0.25) is 0 Å². The number of aliphatic hydroxyl groups is 1. The summed E-state index contributed by atoms with van der Waals surface area (Å²) in [5, 5.41) is 9.68. The molecule has 0 aromatic rings. The van der Waals surface area contributed by atoms with Crippen LogP contribution < -0.4 is 4.72 Å². The molecule has 5 nitrogen and oxygen atoms in total. The van der Waals surface area contributed by atoms with Gasteiger partial charge in [0.05, 0.1) is 11.9 Å². The Hall–Kier alpha value is -0.170. The number of sulfonamides is 1. The first-order chi connectivity index (χ1) is 7.44. The van der Waals surface area contributed by atoms with E-state index in [2.05, 4.69) is 4.72 Å². The largest absolute Gasteiger partial charge is 0.392 e. The summed E-state index contributed by atoms with van der Waals surface area (Å²) in [6, 6.07) is 0. The molecule has 0 saturated heterocycles. The lowest BCUT2D eigenvalue weighted by Crippen LogP contribution is -2.37. The van der Waals surface area contributed by atoms with Gasteiger partial charge in [0.2, 0.25) is 10.0 Å². The highest BCUT2D eigenvalue weighted by molar-refractivity contribution is 7.89. The third-order valence-electron chi connectivity index (χ3n) is 2.86. The van der Waals surface area contributed by atoms with Gasteiger partial charge in [-0.25, -0.2) is 13.1 Å². The van der Waals surface area contributed by atoms with E-state index in [1.165, 1.54) is 0 Å². The van der Waals surface area contributed by atoms with E-state index in [1.54, 1.807) is 6.92 Å². The second-order valence-corrected chi connectivity index (χ2v) is 6.56. The lowest BCUT2D eigenvalue weighted by Gasteiger charge is -2.20. The van der Waals surface area contributed by atoms with Crippen LogP contribution >= 0.6 is 0 Å². The molecule has 96 valence electrons. The van der Waals surface area contributed by atoms with Gasteiger partial charge in [0.25, 0.3) is 0 Å². The van der Waals surface area contributed by atoms with Gasteiger partial charge >= 0.3 is 0 Å². The number of likely N-dealkylation sites (N-methyl/N-ethyl adjacent to an activating group) is 1. The zero-order chi connectivity index (χ0) is 12.2. The van der Waals surface area contributed by atoms with Gasteiger partial charge in [0, 0.05) is 19.6 Å². The third kappa shape index (κ3) is 5.25. The molecule has 0 aromatic carbocycles. The highest BCUT2D eigenvalue weighted by Crippen LogP contribution is 2.32. The van der Waals surface area contributed by atoms with E-state index >= 15 is 0 Å². The Morgan fingerprint density at radius 3 is 2.62 bits per heavy atom. The fourth-order valence-electron chi connectivity index (χ4n) is 1.53. The van der Waals surface area contributed by atoms with Crippen molar-refractivity contribution in [3.8, 4) is 0 Å². The van der Waals surface area contributed by atoms with Crippen molar-refractivity contribution in [2.75, 3.05) is 32.4 Å². The first-order valence-electron chi connectivity index (χ1n) is 5.78. The molecule has 0 amide bonds. The van der Waals surface area contributed by atoms with Gasteiger partial charge in [-0.2, -0.15) is 0 Å². The van der Waals surface area contributed by atoms with Crippen LogP contribution in [0, 0.1) is 5.92 Å². The first kappa shape index (κ1) is 13.9. The van der Waals surface area contributed by atoms with E-state index in [9.17, 15) is 13.5 Å². The SMILES string of the molecule is CCS(=O)(=O)NCCN(C)CC(O)C1CC1. The third-order valence-corrected chi connectivity index (χ3v) is 4.26. The highest BCUT2D eigenvalue weighted by Gasteiger charge is 2.30. The minimum absolute atomic E-state index is 0.113. The van der Waals surface area contributed by atoms with Crippen LogP contribution in [-0.2, 0) is 10.0 Å². The molecule has 1 unspecified atom stereocenters. The van der Waals surface area contributed by atoms with Gasteiger partial charge in [-0.3, -0.25) is 0 Å². The molecule has 16 heavy (non-hydrogen) atoms. The molecule has 2 N–H and O–H groups in total. The van der Waals surface area contributed by atoms with E-state index in [0.29, 0.717) is 25.6 Å². The molecule has 1 aliphatic carbocycles. The van der Waals surface area contributed by atoms with E-state index in [0.717, 1.165) is 12.8 Å². The molecule has 1 atom stereocenters.